The highest BCUT2D eigenvalue weighted by Gasteiger charge is 2.33. The smallest absolute Gasteiger partial charge is 0.303 e. The summed E-state index contributed by atoms with van der Waals surface area (Å²) in [5.41, 5.74) is -0.146. The van der Waals surface area contributed by atoms with Crippen LogP contribution in [0.25, 0.3) is 0 Å². The van der Waals surface area contributed by atoms with Crippen LogP contribution < -0.4 is 5.32 Å². The van der Waals surface area contributed by atoms with E-state index >= 15 is 0 Å². The summed E-state index contributed by atoms with van der Waals surface area (Å²) in [4.78, 5) is 21.7. The maximum Gasteiger partial charge on any atom is 0.303 e. The van der Waals surface area contributed by atoms with E-state index in [-0.39, 0.29) is 30.5 Å². The first-order chi connectivity index (χ1) is 9.93. The Hall–Kier alpha value is -1.14. The predicted octanol–water partition coefficient (Wildman–Crippen LogP) is 1.93. The molecular formula is C15H27NO5. The minimum absolute atomic E-state index is 0.146. The Kier molecular flexibility index (Phi) is 7.67. The summed E-state index contributed by atoms with van der Waals surface area (Å²) in [6, 6.07) is 0. The van der Waals surface area contributed by atoms with Crippen molar-refractivity contribution < 1.29 is 24.2 Å². The van der Waals surface area contributed by atoms with E-state index in [1.54, 1.807) is 0 Å². The number of hydrogen-bond donors (Lipinski definition) is 2. The monoisotopic (exact) mass is 301 g/mol. The van der Waals surface area contributed by atoms with E-state index in [0.717, 1.165) is 25.7 Å². The van der Waals surface area contributed by atoms with Crippen molar-refractivity contribution in [1.29, 1.82) is 0 Å². The van der Waals surface area contributed by atoms with E-state index in [1.165, 1.54) is 13.3 Å². The second-order valence-electron chi connectivity index (χ2n) is 5.98. The van der Waals surface area contributed by atoms with Crippen LogP contribution in [0.2, 0.25) is 0 Å². The van der Waals surface area contributed by atoms with Gasteiger partial charge in [0.2, 0.25) is 0 Å². The van der Waals surface area contributed by atoms with Crippen molar-refractivity contribution in [1.82, 2.24) is 5.32 Å². The molecule has 1 aliphatic carbocycles. The standard InChI is InChI=1S/C15H27NO5/c1-12(9-20-13(2)17)21-11-16-10-15(8-14(18)19)6-4-3-5-7-15/h12,16H,3-11H2,1-2H3,(H,18,19). The summed E-state index contributed by atoms with van der Waals surface area (Å²) in [5.74, 6) is -1.05. The van der Waals surface area contributed by atoms with Crippen LogP contribution in [-0.2, 0) is 19.1 Å². The minimum Gasteiger partial charge on any atom is -0.481 e. The molecule has 0 aromatic carbocycles. The van der Waals surface area contributed by atoms with Crippen LogP contribution >= 0.6 is 0 Å². The highest BCUT2D eigenvalue weighted by atomic mass is 16.6. The summed E-state index contributed by atoms with van der Waals surface area (Å²) < 4.78 is 10.4. The van der Waals surface area contributed by atoms with Gasteiger partial charge in [-0.1, -0.05) is 19.3 Å². The number of rotatable bonds is 9. The fraction of sp³-hybridized carbons (Fsp3) is 0.867. The Bertz CT molecular complexity index is 339. The minimum atomic E-state index is -0.733. The van der Waals surface area contributed by atoms with Gasteiger partial charge in [-0.2, -0.15) is 0 Å². The Morgan fingerprint density at radius 3 is 2.52 bits per heavy atom. The molecule has 0 aromatic rings. The Labute approximate surface area is 126 Å². The van der Waals surface area contributed by atoms with Crippen LogP contribution in [0.4, 0.5) is 0 Å². The molecule has 6 heteroatoms. The molecule has 1 fully saturated rings. The van der Waals surface area contributed by atoms with E-state index < -0.39 is 5.97 Å². The van der Waals surface area contributed by atoms with Crippen molar-refractivity contribution in [2.45, 2.75) is 58.5 Å². The first kappa shape index (κ1) is 17.9. The van der Waals surface area contributed by atoms with Crippen molar-refractivity contribution >= 4 is 11.9 Å². The molecule has 0 radical (unpaired) electrons. The third-order valence-corrected chi connectivity index (χ3v) is 3.93. The van der Waals surface area contributed by atoms with Gasteiger partial charge in [0.15, 0.2) is 0 Å². The third-order valence-electron chi connectivity index (χ3n) is 3.93. The van der Waals surface area contributed by atoms with Gasteiger partial charge >= 0.3 is 11.9 Å². The maximum absolute atomic E-state index is 11.1. The molecule has 1 saturated carbocycles. The summed E-state index contributed by atoms with van der Waals surface area (Å²) in [6.45, 7) is 4.42. The van der Waals surface area contributed by atoms with E-state index in [0.29, 0.717) is 13.3 Å². The summed E-state index contributed by atoms with van der Waals surface area (Å²) in [5, 5.41) is 12.3. The molecule has 0 heterocycles. The number of carboxylic acid groups (broad SMARTS) is 1. The fourth-order valence-corrected chi connectivity index (χ4v) is 2.84. The molecule has 1 unspecified atom stereocenters. The number of hydrogen-bond acceptors (Lipinski definition) is 5. The molecule has 0 saturated heterocycles. The molecule has 122 valence electrons. The lowest BCUT2D eigenvalue weighted by atomic mass is 9.72. The number of aliphatic carboxylic acids is 1. The molecular weight excluding hydrogens is 274 g/mol. The van der Waals surface area contributed by atoms with Crippen LogP contribution in [0.1, 0.15) is 52.4 Å². The topological polar surface area (TPSA) is 84.9 Å². The molecule has 2 N–H and O–H groups in total. The van der Waals surface area contributed by atoms with Gasteiger partial charge in [-0.25, -0.2) is 0 Å². The van der Waals surface area contributed by atoms with Crippen molar-refractivity contribution in [3.8, 4) is 0 Å². The van der Waals surface area contributed by atoms with Crippen molar-refractivity contribution in [3.05, 3.63) is 0 Å². The number of ether oxygens (including phenoxy) is 2. The number of esters is 1. The molecule has 0 amide bonds. The van der Waals surface area contributed by atoms with E-state index in [1.807, 2.05) is 6.92 Å². The lowest BCUT2D eigenvalue weighted by molar-refractivity contribution is -0.145. The van der Waals surface area contributed by atoms with Crippen molar-refractivity contribution in [2.75, 3.05) is 19.9 Å². The van der Waals surface area contributed by atoms with Gasteiger partial charge in [0.1, 0.15) is 6.61 Å². The van der Waals surface area contributed by atoms with Crippen LogP contribution in [0.3, 0.4) is 0 Å². The average Bonchev–Trinajstić information content (AvgIpc) is 2.41. The second-order valence-corrected chi connectivity index (χ2v) is 5.98. The average molecular weight is 301 g/mol. The molecule has 1 atom stereocenters. The SMILES string of the molecule is CC(=O)OCC(C)OCNCC1(CC(=O)O)CCCCC1. The normalized spacial score (nSPS) is 19.0. The first-order valence-electron chi connectivity index (χ1n) is 7.61. The van der Waals surface area contributed by atoms with Gasteiger partial charge in [0.25, 0.3) is 0 Å². The van der Waals surface area contributed by atoms with Gasteiger partial charge in [0, 0.05) is 13.5 Å². The van der Waals surface area contributed by atoms with Gasteiger partial charge in [-0.3, -0.25) is 14.9 Å². The number of carboxylic acids is 1. The van der Waals surface area contributed by atoms with Gasteiger partial charge in [-0.15, -0.1) is 0 Å². The third kappa shape index (κ3) is 7.43. The van der Waals surface area contributed by atoms with Crippen molar-refractivity contribution in [2.24, 2.45) is 5.41 Å². The predicted molar refractivity (Wildman–Crippen MR) is 77.8 cm³/mol. The van der Waals surface area contributed by atoms with E-state index in [2.05, 4.69) is 5.32 Å². The molecule has 0 bridgehead atoms. The largest absolute Gasteiger partial charge is 0.481 e. The number of nitrogens with one attached hydrogen (secondary N) is 1. The summed E-state index contributed by atoms with van der Waals surface area (Å²) in [6.07, 6.45) is 5.32. The molecule has 1 rings (SSSR count). The fourth-order valence-electron chi connectivity index (χ4n) is 2.84. The van der Waals surface area contributed by atoms with E-state index in [4.69, 9.17) is 14.6 Å². The maximum atomic E-state index is 11.1. The second kappa shape index (κ2) is 9.00. The zero-order valence-corrected chi connectivity index (χ0v) is 13.0. The summed E-state index contributed by atoms with van der Waals surface area (Å²) in [7, 11) is 0. The lowest BCUT2D eigenvalue weighted by Crippen LogP contribution is -2.39. The molecule has 6 nitrogen and oxygen atoms in total. The first-order valence-corrected chi connectivity index (χ1v) is 7.61. The summed E-state index contributed by atoms with van der Waals surface area (Å²) >= 11 is 0. The quantitative estimate of drug-likeness (QED) is 0.384. The Morgan fingerprint density at radius 2 is 1.95 bits per heavy atom. The number of carbonyl (C=O) groups is 2. The number of carbonyl (C=O) groups excluding carboxylic acids is 1. The highest BCUT2D eigenvalue weighted by molar-refractivity contribution is 5.67. The molecule has 0 aromatic heterocycles. The molecule has 21 heavy (non-hydrogen) atoms. The van der Waals surface area contributed by atoms with Crippen LogP contribution in [0.5, 0.6) is 0 Å². The highest BCUT2D eigenvalue weighted by Crippen LogP contribution is 2.38. The molecule has 0 spiro atoms. The Morgan fingerprint density at radius 1 is 1.29 bits per heavy atom. The molecule has 1 aliphatic rings. The van der Waals surface area contributed by atoms with Crippen LogP contribution in [-0.4, -0.2) is 43.0 Å². The Balaban J connectivity index is 2.27. The lowest BCUT2D eigenvalue weighted by Gasteiger charge is -2.36. The zero-order valence-electron chi connectivity index (χ0n) is 13.0. The van der Waals surface area contributed by atoms with Gasteiger partial charge < -0.3 is 14.6 Å². The van der Waals surface area contributed by atoms with Crippen molar-refractivity contribution in [3.63, 3.8) is 0 Å². The van der Waals surface area contributed by atoms with E-state index in [9.17, 15) is 9.59 Å². The molecule has 0 aliphatic heterocycles. The van der Waals surface area contributed by atoms with Gasteiger partial charge in [0.05, 0.1) is 19.3 Å². The van der Waals surface area contributed by atoms with Crippen LogP contribution in [0, 0.1) is 5.41 Å². The van der Waals surface area contributed by atoms with Crippen LogP contribution in [0.15, 0.2) is 0 Å². The zero-order chi connectivity index (χ0) is 15.7. The van der Waals surface area contributed by atoms with Gasteiger partial charge in [-0.05, 0) is 25.2 Å².